The van der Waals surface area contributed by atoms with E-state index in [2.05, 4.69) is 28.3 Å². The van der Waals surface area contributed by atoms with Gasteiger partial charge in [-0.05, 0) is 6.07 Å². The first kappa shape index (κ1) is 8.39. The van der Waals surface area contributed by atoms with Crippen LogP contribution in [-0.2, 0) is 0 Å². The summed E-state index contributed by atoms with van der Waals surface area (Å²) in [4.78, 5) is 3.70. The molecule has 1 rings (SSSR count). The summed E-state index contributed by atoms with van der Waals surface area (Å²) in [6, 6.07) is 1.70. The van der Waals surface area contributed by atoms with Gasteiger partial charge >= 0.3 is 0 Å². The molecule has 0 saturated heterocycles. The number of allylic oxidation sites excluding steroid dienone is 1. The normalized spacial score (nSPS) is 10.4. The molecular formula is C8H8FN3. The van der Waals surface area contributed by atoms with Crippen molar-refractivity contribution in [1.29, 1.82) is 0 Å². The zero-order valence-corrected chi connectivity index (χ0v) is 6.42. The number of aromatic nitrogens is 2. The van der Waals surface area contributed by atoms with Gasteiger partial charge in [-0.3, -0.25) is 10.1 Å². The number of H-pyrrole nitrogens is 1. The van der Waals surface area contributed by atoms with Gasteiger partial charge in [0, 0.05) is 6.20 Å². The summed E-state index contributed by atoms with van der Waals surface area (Å²) in [5, 5.41) is 6.34. The van der Waals surface area contributed by atoms with Crippen molar-refractivity contribution in [1.82, 2.24) is 10.2 Å². The Morgan fingerprint density at radius 3 is 2.92 bits per heavy atom. The van der Waals surface area contributed by atoms with Gasteiger partial charge in [0.15, 0.2) is 0 Å². The summed E-state index contributed by atoms with van der Waals surface area (Å²) in [6.45, 7) is 6.62. The second-order valence-corrected chi connectivity index (χ2v) is 2.12. The fourth-order valence-corrected chi connectivity index (χ4v) is 0.634. The summed E-state index contributed by atoms with van der Waals surface area (Å²) in [7, 11) is 0. The number of rotatable bonds is 3. The van der Waals surface area contributed by atoms with Gasteiger partial charge in [0.2, 0.25) is 0 Å². The van der Waals surface area contributed by atoms with Crippen LogP contribution in [0.25, 0.3) is 5.70 Å². The highest BCUT2D eigenvalue weighted by molar-refractivity contribution is 5.80. The second kappa shape index (κ2) is 3.61. The van der Waals surface area contributed by atoms with Crippen LogP contribution in [0.15, 0.2) is 36.2 Å². The number of hydrogen-bond donors (Lipinski definition) is 1. The minimum absolute atomic E-state index is 0.423. The standard InChI is InChI=1S/C8H8FN3/c1-6(9)5-10-7(2)8-3-4-11-12-8/h3-5H,1-2H2,(H,11,12). The van der Waals surface area contributed by atoms with E-state index >= 15 is 0 Å². The van der Waals surface area contributed by atoms with Crippen molar-refractivity contribution >= 4 is 11.9 Å². The average Bonchev–Trinajstić information content (AvgIpc) is 2.51. The molecule has 1 N–H and O–H groups in total. The Hall–Kier alpha value is -1.71. The van der Waals surface area contributed by atoms with Crippen LogP contribution < -0.4 is 0 Å². The zero-order chi connectivity index (χ0) is 8.97. The lowest BCUT2D eigenvalue weighted by atomic mass is 10.3. The summed E-state index contributed by atoms with van der Waals surface area (Å²) >= 11 is 0. The fourth-order valence-electron chi connectivity index (χ4n) is 0.634. The molecule has 0 spiro atoms. The topological polar surface area (TPSA) is 41.0 Å². The molecule has 1 heterocycles. The highest BCUT2D eigenvalue weighted by Crippen LogP contribution is 2.08. The Bertz CT molecular complexity index is 311. The monoisotopic (exact) mass is 165 g/mol. The van der Waals surface area contributed by atoms with E-state index in [-0.39, 0.29) is 0 Å². The third kappa shape index (κ3) is 2.16. The maximum Gasteiger partial charge on any atom is 0.134 e. The van der Waals surface area contributed by atoms with E-state index in [1.54, 1.807) is 12.3 Å². The third-order valence-electron chi connectivity index (χ3n) is 1.17. The molecule has 62 valence electrons. The number of nitrogens with zero attached hydrogens (tertiary/aromatic N) is 2. The molecule has 12 heavy (non-hydrogen) atoms. The molecule has 0 atom stereocenters. The van der Waals surface area contributed by atoms with Crippen LogP contribution in [0, 0.1) is 0 Å². The van der Waals surface area contributed by atoms with Gasteiger partial charge in [-0.1, -0.05) is 13.2 Å². The zero-order valence-electron chi connectivity index (χ0n) is 6.42. The molecule has 0 aliphatic rings. The molecule has 3 nitrogen and oxygen atoms in total. The summed E-state index contributed by atoms with van der Waals surface area (Å²) in [6.07, 6.45) is 2.57. The van der Waals surface area contributed by atoms with E-state index in [1.807, 2.05) is 0 Å². The Labute approximate surface area is 69.3 Å². The minimum Gasteiger partial charge on any atom is -0.276 e. The van der Waals surface area contributed by atoms with Crippen molar-refractivity contribution in [3.63, 3.8) is 0 Å². The van der Waals surface area contributed by atoms with E-state index in [4.69, 9.17) is 0 Å². The Morgan fingerprint density at radius 1 is 1.67 bits per heavy atom. The lowest BCUT2D eigenvalue weighted by Gasteiger charge is -1.91. The van der Waals surface area contributed by atoms with Gasteiger partial charge in [-0.2, -0.15) is 5.10 Å². The first-order chi connectivity index (χ1) is 5.70. The molecule has 0 bridgehead atoms. The van der Waals surface area contributed by atoms with Crippen LogP contribution >= 0.6 is 0 Å². The molecule has 0 aliphatic carbocycles. The molecule has 0 fully saturated rings. The first-order valence-corrected chi connectivity index (χ1v) is 3.27. The predicted octanol–water partition coefficient (Wildman–Crippen LogP) is 1.93. The molecule has 0 aromatic carbocycles. The third-order valence-corrected chi connectivity index (χ3v) is 1.17. The molecule has 0 unspecified atom stereocenters. The van der Waals surface area contributed by atoms with Crippen LogP contribution in [0.5, 0.6) is 0 Å². The quantitative estimate of drug-likeness (QED) is 0.683. The highest BCUT2D eigenvalue weighted by atomic mass is 19.1. The van der Waals surface area contributed by atoms with Crippen molar-refractivity contribution in [2.75, 3.05) is 0 Å². The molecule has 0 amide bonds. The molecule has 4 heteroatoms. The summed E-state index contributed by atoms with van der Waals surface area (Å²) < 4.78 is 12.1. The average molecular weight is 165 g/mol. The summed E-state index contributed by atoms with van der Waals surface area (Å²) in [5.74, 6) is -0.601. The number of aromatic amines is 1. The number of aliphatic imine (C=N–C) groups is 1. The van der Waals surface area contributed by atoms with Crippen molar-refractivity contribution in [2.24, 2.45) is 4.99 Å². The van der Waals surface area contributed by atoms with E-state index in [0.29, 0.717) is 11.4 Å². The molecule has 0 aliphatic heterocycles. The van der Waals surface area contributed by atoms with Crippen molar-refractivity contribution < 1.29 is 4.39 Å². The number of halogens is 1. The van der Waals surface area contributed by atoms with Crippen LogP contribution in [0.4, 0.5) is 4.39 Å². The van der Waals surface area contributed by atoms with Gasteiger partial charge < -0.3 is 0 Å². The van der Waals surface area contributed by atoms with Crippen molar-refractivity contribution in [3.05, 3.63) is 36.9 Å². The van der Waals surface area contributed by atoms with Crippen molar-refractivity contribution in [2.45, 2.75) is 0 Å². The fraction of sp³-hybridized carbons (Fsp3) is 0. The minimum atomic E-state index is -0.601. The van der Waals surface area contributed by atoms with Gasteiger partial charge in [0.1, 0.15) is 5.83 Å². The van der Waals surface area contributed by atoms with Crippen LogP contribution in [-0.4, -0.2) is 16.4 Å². The molecule has 1 aromatic rings. The van der Waals surface area contributed by atoms with Crippen LogP contribution in [0.2, 0.25) is 0 Å². The van der Waals surface area contributed by atoms with Crippen molar-refractivity contribution in [3.8, 4) is 0 Å². The van der Waals surface area contributed by atoms with Gasteiger partial charge in [0.05, 0.1) is 17.6 Å². The summed E-state index contributed by atoms with van der Waals surface area (Å²) in [5.41, 5.74) is 1.08. The van der Waals surface area contributed by atoms with Gasteiger partial charge in [-0.15, -0.1) is 0 Å². The van der Waals surface area contributed by atoms with Gasteiger partial charge in [-0.25, -0.2) is 4.39 Å². The van der Waals surface area contributed by atoms with E-state index < -0.39 is 5.83 Å². The van der Waals surface area contributed by atoms with Crippen LogP contribution in [0.3, 0.4) is 0 Å². The van der Waals surface area contributed by atoms with Gasteiger partial charge in [0.25, 0.3) is 0 Å². The first-order valence-electron chi connectivity index (χ1n) is 3.27. The molecule has 1 aromatic heterocycles. The Morgan fingerprint density at radius 2 is 2.42 bits per heavy atom. The lowest BCUT2D eigenvalue weighted by molar-refractivity contribution is 0.690. The second-order valence-electron chi connectivity index (χ2n) is 2.12. The van der Waals surface area contributed by atoms with E-state index in [9.17, 15) is 4.39 Å². The van der Waals surface area contributed by atoms with E-state index in [0.717, 1.165) is 6.21 Å². The smallest absolute Gasteiger partial charge is 0.134 e. The number of hydrogen-bond acceptors (Lipinski definition) is 2. The Balaban J connectivity index is 2.68. The maximum atomic E-state index is 12.1. The SMILES string of the molecule is C=C(F)C=NC(=C)c1ccn[nH]1. The lowest BCUT2D eigenvalue weighted by Crippen LogP contribution is -1.80. The Kier molecular flexibility index (Phi) is 2.53. The highest BCUT2D eigenvalue weighted by Gasteiger charge is 1.95. The molecular weight excluding hydrogens is 157 g/mol. The number of nitrogens with one attached hydrogen (secondary N) is 1. The molecule has 0 saturated carbocycles. The largest absolute Gasteiger partial charge is 0.276 e. The van der Waals surface area contributed by atoms with Crippen LogP contribution in [0.1, 0.15) is 5.69 Å². The predicted molar refractivity (Wildman–Crippen MR) is 46.4 cm³/mol. The molecule has 0 radical (unpaired) electrons. The maximum absolute atomic E-state index is 12.1. The van der Waals surface area contributed by atoms with E-state index in [1.165, 1.54) is 0 Å².